The number of amides is 3. The van der Waals surface area contributed by atoms with Crippen molar-refractivity contribution >= 4 is 23.3 Å². The van der Waals surface area contributed by atoms with Crippen LogP contribution in [0.4, 0.5) is 16.2 Å². The number of hydrogen-bond donors (Lipinski definition) is 2. The molecule has 0 unspecified atom stereocenters. The highest BCUT2D eigenvalue weighted by atomic mass is 16.2. The van der Waals surface area contributed by atoms with Gasteiger partial charge in [0.15, 0.2) is 0 Å². The van der Waals surface area contributed by atoms with Crippen LogP contribution in [0.2, 0.25) is 0 Å². The van der Waals surface area contributed by atoms with E-state index in [9.17, 15) is 9.59 Å². The average Bonchev–Trinajstić information content (AvgIpc) is 3.45. The van der Waals surface area contributed by atoms with Gasteiger partial charge in [-0.2, -0.15) is 0 Å². The van der Waals surface area contributed by atoms with Crippen molar-refractivity contribution in [2.75, 3.05) is 10.6 Å². The van der Waals surface area contributed by atoms with E-state index < -0.39 is 0 Å². The van der Waals surface area contributed by atoms with Crippen molar-refractivity contribution in [2.45, 2.75) is 38.3 Å². The van der Waals surface area contributed by atoms with Gasteiger partial charge < -0.3 is 15.5 Å². The molecule has 25 heavy (non-hydrogen) atoms. The molecule has 128 valence electrons. The number of carbonyl (C=O) groups is 2. The highest BCUT2D eigenvalue weighted by molar-refractivity contribution is 5.95. The molecule has 2 heterocycles. The number of rotatable bonds is 4. The van der Waals surface area contributed by atoms with Gasteiger partial charge in [0.25, 0.3) is 0 Å². The minimum absolute atomic E-state index is 0.0413. The monoisotopic (exact) mass is 336 g/mol. The molecule has 2 N–H and O–H groups in total. The van der Waals surface area contributed by atoms with Crippen LogP contribution < -0.4 is 10.6 Å². The summed E-state index contributed by atoms with van der Waals surface area (Å²) >= 11 is 0. The molecule has 6 heteroatoms. The van der Waals surface area contributed by atoms with Crippen LogP contribution in [0.25, 0.3) is 0 Å². The molecule has 2 aromatic rings. The average molecular weight is 336 g/mol. The molecule has 1 aromatic carbocycles. The van der Waals surface area contributed by atoms with E-state index in [0.29, 0.717) is 25.4 Å². The predicted molar refractivity (Wildman–Crippen MR) is 95.2 cm³/mol. The first-order valence-electron chi connectivity index (χ1n) is 8.59. The second-order valence-corrected chi connectivity index (χ2v) is 6.53. The minimum atomic E-state index is -0.104. The number of benzene rings is 1. The number of anilines is 2. The fourth-order valence-electron chi connectivity index (χ4n) is 3.08. The maximum Gasteiger partial charge on any atom is 0.322 e. The molecule has 2 aliphatic rings. The van der Waals surface area contributed by atoms with Crippen LogP contribution in [0.15, 0.2) is 42.6 Å². The predicted octanol–water partition coefficient (Wildman–Crippen LogP) is 3.16. The van der Waals surface area contributed by atoms with E-state index in [4.69, 9.17) is 0 Å². The molecule has 6 nitrogen and oxygen atoms in total. The van der Waals surface area contributed by atoms with E-state index in [-0.39, 0.29) is 11.9 Å². The summed E-state index contributed by atoms with van der Waals surface area (Å²) in [6, 6.07) is 11.5. The molecule has 0 spiro atoms. The number of aromatic nitrogens is 1. The Kier molecular flexibility index (Phi) is 4.09. The maximum absolute atomic E-state index is 12.7. The van der Waals surface area contributed by atoms with E-state index in [0.717, 1.165) is 35.5 Å². The Labute approximate surface area is 146 Å². The van der Waals surface area contributed by atoms with Crippen LogP contribution in [-0.4, -0.2) is 27.9 Å². The molecule has 1 saturated carbocycles. The molecule has 0 atom stereocenters. The Morgan fingerprint density at radius 2 is 2.12 bits per heavy atom. The van der Waals surface area contributed by atoms with Gasteiger partial charge >= 0.3 is 6.03 Å². The van der Waals surface area contributed by atoms with Gasteiger partial charge in [-0.05, 0) is 55.2 Å². The van der Waals surface area contributed by atoms with E-state index in [2.05, 4.69) is 15.6 Å². The fraction of sp³-hybridized carbons (Fsp3) is 0.316. The first-order chi connectivity index (χ1) is 12.2. The number of aryl methyl sites for hydroxylation is 1. The van der Waals surface area contributed by atoms with E-state index in [1.807, 2.05) is 41.3 Å². The van der Waals surface area contributed by atoms with Crippen LogP contribution in [0, 0.1) is 0 Å². The molecule has 0 bridgehead atoms. The van der Waals surface area contributed by atoms with Crippen molar-refractivity contribution in [3.05, 3.63) is 53.9 Å². The highest BCUT2D eigenvalue weighted by Gasteiger charge is 2.33. The molecule has 1 aliphatic heterocycles. The second kappa shape index (κ2) is 6.55. The molecular formula is C19H20N4O2. The summed E-state index contributed by atoms with van der Waals surface area (Å²) in [7, 11) is 0. The third-order valence-electron chi connectivity index (χ3n) is 4.56. The molecule has 0 radical (unpaired) electrons. The van der Waals surface area contributed by atoms with Crippen LogP contribution >= 0.6 is 0 Å². The first-order valence-corrected chi connectivity index (χ1v) is 8.59. The molecular weight excluding hydrogens is 316 g/mol. The van der Waals surface area contributed by atoms with Gasteiger partial charge in [-0.15, -0.1) is 0 Å². The fourth-order valence-corrected chi connectivity index (χ4v) is 3.08. The van der Waals surface area contributed by atoms with Gasteiger partial charge in [0.05, 0.1) is 12.2 Å². The van der Waals surface area contributed by atoms with Gasteiger partial charge in [-0.25, -0.2) is 4.79 Å². The van der Waals surface area contributed by atoms with Crippen molar-refractivity contribution in [2.24, 2.45) is 0 Å². The Balaban J connectivity index is 1.47. The molecule has 4 rings (SSSR count). The second-order valence-electron chi connectivity index (χ2n) is 6.53. The third-order valence-corrected chi connectivity index (χ3v) is 4.56. The van der Waals surface area contributed by atoms with Gasteiger partial charge in [-0.1, -0.05) is 6.07 Å². The van der Waals surface area contributed by atoms with Crippen molar-refractivity contribution in [1.29, 1.82) is 0 Å². The van der Waals surface area contributed by atoms with Gasteiger partial charge in [0, 0.05) is 30.0 Å². The van der Waals surface area contributed by atoms with Crippen molar-refractivity contribution in [3.8, 4) is 0 Å². The summed E-state index contributed by atoms with van der Waals surface area (Å²) in [6.45, 7) is 0.512. The summed E-state index contributed by atoms with van der Waals surface area (Å²) in [5.74, 6) is 0.0413. The summed E-state index contributed by atoms with van der Waals surface area (Å²) in [5.41, 5.74) is 3.53. The zero-order valence-corrected chi connectivity index (χ0v) is 13.9. The third kappa shape index (κ3) is 3.63. The Hall–Kier alpha value is -2.89. The van der Waals surface area contributed by atoms with Gasteiger partial charge in [-0.3, -0.25) is 9.78 Å². The summed E-state index contributed by atoms with van der Waals surface area (Å²) < 4.78 is 0. The normalized spacial score (nSPS) is 15.9. The SMILES string of the molecule is O=C1CCc2cc(NC(=O)N(Cc3ccccn3)C3CC3)ccc2N1. The smallest absolute Gasteiger partial charge is 0.322 e. The molecule has 3 amide bonds. The Bertz CT molecular complexity index is 802. The van der Waals surface area contributed by atoms with Crippen molar-refractivity contribution < 1.29 is 9.59 Å². The quantitative estimate of drug-likeness (QED) is 0.900. The number of pyridine rings is 1. The number of nitrogens with zero attached hydrogens (tertiary/aromatic N) is 2. The Morgan fingerprint density at radius 1 is 1.24 bits per heavy atom. The van der Waals surface area contributed by atoms with Crippen LogP contribution in [-0.2, 0) is 17.8 Å². The van der Waals surface area contributed by atoms with Crippen LogP contribution in [0.5, 0.6) is 0 Å². The summed E-state index contributed by atoms with van der Waals surface area (Å²) in [6.07, 6.45) is 5.01. The topological polar surface area (TPSA) is 74.3 Å². The number of urea groups is 1. The minimum Gasteiger partial charge on any atom is -0.326 e. The number of carbonyl (C=O) groups excluding carboxylic acids is 2. The first kappa shape index (κ1) is 15.6. The number of hydrogen-bond acceptors (Lipinski definition) is 3. The lowest BCUT2D eigenvalue weighted by molar-refractivity contribution is -0.116. The van der Waals surface area contributed by atoms with E-state index in [1.165, 1.54) is 0 Å². The van der Waals surface area contributed by atoms with Crippen LogP contribution in [0.3, 0.4) is 0 Å². The largest absolute Gasteiger partial charge is 0.326 e. The van der Waals surface area contributed by atoms with Crippen molar-refractivity contribution in [3.63, 3.8) is 0 Å². The summed E-state index contributed by atoms with van der Waals surface area (Å²) in [5, 5.41) is 5.85. The molecule has 0 saturated heterocycles. The molecule has 1 aromatic heterocycles. The van der Waals surface area contributed by atoms with Gasteiger partial charge in [0.1, 0.15) is 0 Å². The molecule has 1 aliphatic carbocycles. The Morgan fingerprint density at radius 3 is 2.88 bits per heavy atom. The lowest BCUT2D eigenvalue weighted by atomic mass is 10.0. The highest BCUT2D eigenvalue weighted by Crippen LogP contribution is 2.30. The lowest BCUT2D eigenvalue weighted by Crippen LogP contribution is -2.36. The zero-order valence-electron chi connectivity index (χ0n) is 13.9. The lowest BCUT2D eigenvalue weighted by Gasteiger charge is -2.23. The van der Waals surface area contributed by atoms with E-state index in [1.54, 1.807) is 6.20 Å². The standard InChI is InChI=1S/C19H20N4O2/c24-18-9-4-13-11-14(5-8-17(13)22-18)21-19(25)23(16-6-7-16)12-15-3-1-2-10-20-15/h1-3,5,8,10-11,16H,4,6-7,9,12H2,(H,21,25)(H,22,24). The molecule has 1 fully saturated rings. The maximum atomic E-state index is 12.7. The number of fused-ring (bicyclic) bond motifs is 1. The summed E-state index contributed by atoms with van der Waals surface area (Å²) in [4.78, 5) is 30.3. The van der Waals surface area contributed by atoms with E-state index >= 15 is 0 Å². The zero-order chi connectivity index (χ0) is 17.2. The van der Waals surface area contributed by atoms with Crippen molar-refractivity contribution in [1.82, 2.24) is 9.88 Å². The van der Waals surface area contributed by atoms with Gasteiger partial charge in [0.2, 0.25) is 5.91 Å². The van der Waals surface area contributed by atoms with Crippen LogP contribution in [0.1, 0.15) is 30.5 Å². The number of nitrogens with one attached hydrogen (secondary N) is 2.